The third-order valence-electron chi connectivity index (χ3n) is 5.98. The van der Waals surface area contributed by atoms with E-state index < -0.39 is 10.0 Å². The lowest BCUT2D eigenvalue weighted by atomic mass is 9.89. The molecule has 2 amide bonds. The predicted octanol–water partition coefficient (Wildman–Crippen LogP) is 3.48. The molecule has 10 heteroatoms. The summed E-state index contributed by atoms with van der Waals surface area (Å²) in [4.78, 5) is 21.4. The predicted molar refractivity (Wildman–Crippen MR) is 120 cm³/mol. The van der Waals surface area contributed by atoms with E-state index in [1.807, 2.05) is 19.0 Å². The number of rotatable bonds is 8. The Hall–Kier alpha value is -1.23. The lowest BCUT2D eigenvalue weighted by Gasteiger charge is -2.41. The Kier molecular flexibility index (Phi) is 8.50. The van der Waals surface area contributed by atoms with Gasteiger partial charge >= 0.3 is 6.03 Å². The molecule has 3 rings (SSSR count). The smallest absolute Gasteiger partial charge is 0.319 e. The first kappa shape index (κ1) is 23.4. The van der Waals surface area contributed by atoms with E-state index >= 15 is 0 Å². The molecule has 30 heavy (non-hydrogen) atoms. The van der Waals surface area contributed by atoms with Crippen molar-refractivity contribution >= 4 is 32.5 Å². The minimum Gasteiger partial charge on any atom is -0.319 e. The van der Waals surface area contributed by atoms with Crippen molar-refractivity contribution in [2.24, 2.45) is 0 Å². The van der Waals surface area contributed by atoms with E-state index in [9.17, 15) is 13.2 Å². The number of urea groups is 1. The molecule has 1 aromatic rings. The van der Waals surface area contributed by atoms with Crippen molar-refractivity contribution in [3.05, 3.63) is 6.20 Å². The fraction of sp³-hybridized carbons (Fsp3) is 0.800. The standard InChI is InChI=1S/C20H35N5O3S2/c1-24(2)14-13-22-30(27,28)18-15-21-19(29-18)23-20(26)25(16-9-5-3-6-10-16)17-11-7-4-8-12-17/h15-17,22H,3-14H2,1-2H3,(H,21,23,26). The van der Waals surface area contributed by atoms with Crippen LogP contribution in [-0.2, 0) is 10.0 Å². The van der Waals surface area contributed by atoms with E-state index in [0.29, 0.717) is 18.2 Å². The molecule has 2 saturated carbocycles. The second kappa shape index (κ2) is 10.9. The number of hydrogen-bond donors (Lipinski definition) is 2. The number of carbonyl (C=O) groups excluding carboxylic acids is 1. The van der Waals surface area contributed by atoms with Gasteiger partial charge in [-0.2, -0.15) is 0 Å². The van der Waals surface area contributed by atoms with Gasteiger partial charge in [-0.15, -0.1) is 0 Å². The maximum absolute atomic E-state index is 13.2. The summed E-state index contributed by atoms with van der Waals surface area (Å²) in [5, 5.41) is 3.23. The quantitative estimate of drug-likeness (QED) is 0.623. The van der Waals surface area contributed by atoms with Crippen molar-refractivity contribution in [3.63, 3.8) is 0 Å². The molecule has 1 heterocycles. The molecule has 0 aliphatic heterocycles. The van der Waals surface area contributed by atoms with E-state index in [-0.39, 0.29) is 22.3 Å². The molecule has 1 aromatic heterocycles. The summed E-state index contributed by atoms with van der Waals surface area (Å²) in [6, 6.07) is 0.420. The number of thiazole rings is 1. The number of amides is 2. The average Bonchev–Trinajstić information content (AvgIpc) is 3.19. The summed E-state index contributed by atoms with van der Waals surface area (Å²) in [7, 11) is 0.158. The molecule has 0 spiro atoms. The monoisotopic (exact) mass is 457 g/mol. The van der Waals surface area contributed by atoms with Crippen molar-refractivity contribution in [1.82, 2.24) is 19.5 Å². The molecule has 0 unspecified atom stereocenters. The number of aromatic nitrogens is 1. The van der Waals surface area contributed by atoms with Crippen LogP contribution in [-0.4, -0.2) is 68.5 Å². The van der Waals surface area contributed by atoms with Crippen LogP contribution in [0.5, 0.6) is 0 Å². The third-order valence-corrected chi connectivity index (χ3v) is 8.82. The van der Waals surface area contributed by atoms with Crippen LogP contribution in [0.15, 0.2) is 10.4 Å². The van der Waals surface area contributed by atoms with Crippen molar-refractivity contribution < 1.29 is 13.2 Å². The number of likely N-dealkylation sites (N-methyl/N-ethyl adjacent to an activating group) is 1. The van der Waals surface area contributed by atoms with Gasteiger partial charge < -0.3 is 9.80 Å². The first-order valence-corrected chi connectivity index (χ1v) is 13.4. The van der Waals surface area contributed by atoms with E-state index in [1.54, 1.807) is 0 Å². The van der Waals surface area contributed by atoms with Gasteiger partial charge in [0, 0.05) is 25.2 Å². The second-order valence-corrected chi connectivity index (χ2v) is 11.6. The van der Waals surface area contributed by atoms with Gasteiger partial charge in [0.05, 0.1) is 6.20 Å². The van der Waals surface area contributed by atoms with Gasteiger partial charge in [0.15, 0.2) is 9.34 Å². The molecule has 2 aliphatic rings. The van der Waals surface area contributed by atoms with Gasteiger partial charge in [0.1, 0.15) is 0 Å². The van der Waals surface area contributed by atoms with Crippen LogP contribution in [0.1, 0.15) is 64.2 Å². The Morgan fingerprint density at radius 2 is 1.63 bits per heavy atom. The first-order chi connectivity index (χ1) is 14.4. The highest BCUT2D eigenvalue weighted by Crippen LogP contribution is 2.31. The fourth-order valence-electron chi connectivity index (χ4n) is 4.42. The highest BCUT2D eigenvalue weighted by Gasteiger charge is 2.33. The highest BCUT2D eigenvalue weighted by molar-refractivity contribution is 7.91. The number of nitrogens with zero attached hydrogens (tertiary/aromatic N) is 3. The van der Waals surface area contributed by atoms with Crippen LogP contribution < -0.4 is 10.0 Å². The summed E-state index contributed by atoms with van der Waals surface area (Å²) in [6.07, 6.45) is 12.7. The zero-order valence-electron chi connectivity index (χ0n) is 18.1. The second-order valence-electron chi connectivity index (χ2n) is 8.61. The Balaban J connectivity index is 1.66. The van der Waals surface area contributed by atoms with Gasteiger partial charge in [0.2, 0.25) is 0 Å². The third kappa shape index (κ3) is 6.38. The lowest BCUT2D eigenvalue weighted by Crippen LogP contribution is -2.50. The minimum absolute atomic E-state index is 0.124. The molecule has 0 saturated heterocycles. The molecule has 2 N–H and O–H groups in total. The summed E-state index contributed by atoms with van der Waals surface area (Å²) < 4.78 is 27.6. The zero-order chi connectivity index (χ0) is 21.6. The first-order valence-electron chi connectivity index (χ1n) is 11.1. The molecule has 2 aliphatic carbocycles. The Morgan fingerprint density at radius 3 is 2.17 bits per heavy atom. The summed E-state index contributed by atoms with van der Waals surface area (Å²) in [5.74, 6) is 0. The number of hydrogen-bond acceptors (Lipinski definition) is 6. The molecule has 2 fully saturated rings. The van der Waals surface area contributed by atoms with Crippen LogP contribution in [0.2, 0.25) is 0 Å². The summed E-state index contributed by atoms with van der Waals surface area (Å²) in [5.41, 5.74) is 0. The maximum atomic E-state index is 13.2. The summed E-state index contributed by atoms with van der Waals surface area (Å²) in [6.45, 7) is 0.936. The number of carbonyl (C=O) groups is 1. The maximum Gasteiger partial charge on any atom is 0.324 e. The average molecular weight is 458 g/mol. The highest BCUT2D eigenvalue weighted by atomic mass is 32.2. The molecule has 8 nitrogen and oxygen atoms in total. The summed E-state index contributed by atoms with van der Waals surface area (Å²) >= 11 is 1.00. The largest absolute Gasteiger partial charge is 0.324 e. The fourth-order valence-corrected chi connectivity index (χ4v) is 6.51. The molecule has 0 bridgehead atoms. The van der Waals surface area contributed by atoms with Gasteiger partial charge in [-0.05, 0) is 39.8 Å². The number of nitrogens with one attached hydrogen (secondary N) is 2. The zero-order valence-corrected chi connectivity index (χ0v) is 19.7. The minimum atomic E-state index is -3.62. The van der Waals surface area contributed by atoms with E-state index in [0.717, 1.165) is 37.0 Å². The van der Waals surface area contributed by atoms with Gasteiger partial charge in [-0.3, -0.25) is 5.32 Å². The molecule has 170 valence electrons. The van der Waals surface area contributed by atoms with E-state index in [4.69, 9.17) is 0 Å². The Labute approximate surface area is 184 Å². The molecular weight excluding hydrogens is 422 g/mol. The van der Waals surface area contributed by atoms with E-state index in [1.165, 1.54) is 44.7 Å². The van der Waals surface area contributed by atoms with Crippen molar-refractivity contribution in [2.45, 2.75) is 80.5 Å². The van der Waals surface area contributed by atoms with Crippen LogP contribution in [0.25, 0.3) is 0 Å². The SMILES string of the molecule is CN(C)CCNS(=O)(=O)c1cnc(NC(=O)N(C2CCCCC2)C2CCCCC2)s1. The van der Waals surface area contributed by atoms with Crippen molar-refractivity contribution in [3.8, 4) is 0 Å². The molecular formula is C20H35N5O3S2. The Bertz CT molecular complexity index is 766. The molecule has 0 aromatic carbocycles. The van der Waals surface area contributed by atoms with Gasteiger partial charge in [-0.1, -0.05) is 49.9 Å². The van der Waals surface area contributed by atoms with Crippen LogP contribution in [0.3, 0.4) is 0 Å². The lowest BCUT2D eigenvalue weighted by molar-refractivity contribution is 0.114. The van der Waals surface area contributed by atoms with Gasteiger partial charge in [0.25, 0.3) is 10.0 Å². The van der Waals surface area contributed by atoms with E-state index in [2.05, 4.69) is 19.9 Å². The molecule has 0 radical (unpaired) electrons. The molecule has 0 atom stereocenters. The van der Waals surface area contributed by atoms with Gasteiger partial charge in [-0.25, -0.2) is 22.9 Å². The number of sulfonamides is 1. The number of anilines is 1. The van der Waals surface area contributed by atoms with Crippen LogP contribution in [0, 0.1) is 0 Å². The van der Waals surface area contributed by atoms with Crippen LogP contribution >= 0.6 is 11.3 Å². The Morgan fingerprint density at radius 1 is 1.07 bits per heavy atom. The van der Waals surface area contributed by atoms with Crippen LogP contribution in [0.4, 0.5) is 9.93 Å². The van der Waals surface area contributed by atoms with Crippen molar-refractivity contribution in [1.29, 1.82) is 0 Å². The van der Waals surface area contributed by atoms with Crippen molar-refractivity contribution in [2.75, 3.05) is 32.5 Å². The topological polar surface area (TPSA) is 94.6 Å². The normalized spacial score (nSPS) is 19.2.